The summed E-state index contributed by atoms with van der Waals surface area (Å²) in [7, 11) is 3.88. The summed E-state index contributed by atoms with van der Waals surface area (Å²) < 4.78 is 18.7. The number of ether oxygens (including phenoxy) is 1. The zero-order valence-electron chi connectivity index (χ0n) is 13.4. The van der Waals surface area contributed by atoms with Gasteiger partial charge in [0, 0.05) is 33.3 Å². The summed E-state index contributed by atoms with van der Waals surface area (Å²) in [6, 6.07) is 5.35. The number of likely N-dealkylation sites (tertiary alicyclic amines) is 1. The molecule has 0 aromatic heterocycles. The molecule has 0 radical (unpaired) electrons. The zero-order chi connectivity index (χ0) is 15.2. The lowest BCUT2D eigenvalue weighted by Crippen LogP contribution is -2.29. The molecule has 1 heterocycles. The fraction of sp³-hybridized carbons (Fsp3) is 0.647. The van der Waals surface area contributed by atoms with Gasteiger partial charge in [0.15, 0.2) is 0 Å². The van der Waals surface area contributed by atoms with Crippen molar-refractivity contribution in [2.24, 2.45) is 5.92 Å². The van der Waals surface area contributed by atoms with Gasteiger partial charge in [0.1, 0.15) is 5.82 Å². The van der Waals surface area contributed by atoms with E-state index in [0.717, 1.165) is 43.9 Å². The van der Waals surface area contributed by atoms with Gasteiger partial charge in [0.2, 0.25) is 0 Å². The number of methoxy groups -OCH3 is 1. The molecule has 1 aliphatic rings. The van der Waals surface area contributed by atoms with E-state index in [4.69, 9.17) is 4.74 Å². The van der Waals surface area contributed by atoms with Crippen LogP contribution in [0.4, 0.5) is 4.39 Å². The largest absolute Gasteiger partial charge is 0.383 e. The molecule has 0 spiro atoms. The van der Waals surface area contributed by atoms with E-state index >= 15 is 0 Å². The number of rotatable bonds is 7. The third kappa shape index (κ3) is 4.77. The summed E-state index contributed by atoms with van der Waals surface area (Å²) >= 11 is 0. The van der Waals surface area contributed by atoms with E-state index < -0.39 is 0 Å². The molecule has 2 rings (SSSR count). The van der Waals surface area contributed by atoms with E-state index in [-0.39, 0.29) is 5.82 Å². The molecule has 0 amide bonds. The topological polar surface area (TPSA) is 15.7 Å². The van der Waals surface area contributed by atoms with Gasteiger partial charge in [0.05, 0.1) is 6.61 Å². The van der Waals surface area contributed by atoms with Crippen LogP contribution in [0.2, 0.25) is 0 Å². The van der Waals surface area contributed by atoms with Gasteiger partial charge in [-0.2, -0.15) is 0 Å². The highest BCUT2D eigenvalue weighted by Gasteiger charge is 2.23. The van der Waals surface area contributed by atoms with Crippen LogP contribution in [0, 0.1) is 18.7 Å². The van der Waals surface area contributed by atoms with Crippen molar-refractivity contribution in [1.82, 2.24) is 9.80 Å². The average Bonchev–Trinajstić information content (AvgIpc) is 2.89. The molecule has 1 unspecified atom stereocenters. The second-order valence-corrected chi connectivity index (χ2v) is 6.17. The number of benzene rings is 1. The second-order valence-electron chi connectivity index (χ2n) is 6.17. The first-order chi connectivity index (χ1) is 10.1. The van der Waals surface area contributed by atoms with Crippen LogP contribution in [0.1, 0.15) is 17.5 Å². The monoisotopic (exact) mass is 294 g/mol. The van der Waals surface area contributed by atoms with E-state index in [2.05, 4.69) is 16.8 Å². The fourth-order valence-electron chi connectivity index (χ4n) is 3.10. The predicted octanol–water partition coefficient (Wildman–Crippen LogP) is 2.53. The van der Waals surface area contributed by atoms with Crippen LogP contribution in [-0.4, -0.2) is 56.7 Å². The quantitative estimate of drug-likeness (QED) is 0.768. The molecule has 1 fully saturated rings. The Bertz CT molecular complexity index is 452. The first kappa shape index (κ1) is 16.4. The van der Waals surface area contributed by atoms with Crippen molar-refractivity contribution in [3.05, 3.63) is 35.1 Å². The number of halogens is 1. The molecule has 4 heteroatoms. The minimum atomic E-state index is -0.104. The minimum absolute atomic E-state index is 0.104. The molecule has 0 saturated carbocycles. The lowest BCUT2D eigenvalue weighted by atomic mass is 10.1. The maximum atomic E-state index is 13.6. The molecule has 21 heavy (non-hydrogen) atoms. The fourth-order valence-corrected chi connectivity index (χ4v) is 3.10. The van der Waals surface area contributed by atoms with Gasteiger partial charge < -0.3 is 14.5 Å². The Morgan fingerprint density at radius 3 is 3.00 bits per heavy atom. The third-order valence-corrected chi connectivity index (χ3v) is 4.37. The lowest BCUT2D eigenvalue weighted by molar-refractivity contribution is 0.157. The van der Waals surface area contributed by atoms with Crippen molar-refractivity contribution in [3.63, 3.8) is 0 Å². The molecule has 1 atom stereocenters. The molecule has 1 aromatic rings. The summed E-state index contributed by atoms with van der Waals surface area (Å²) in [5, 5.41) is 0. The average molecular weight is 294 g/mol. The van der Waals surface area contributed by atoms with E-state index in [1.165, 1.54) is 19.0 Å². The molecular weight excluding hydrogens is 267 g/mol. The molecule has 1 saturated heterocycles. The predicted molar refractivity (Wildman–Crippen MR) is 83.9 cm³/mol. The third-order valence-electron chi connectivity index (χ3n) is 4.37. The summed E-state index contributed by atoms with van der Waals surface area (Å²) in [6.07, 6.45) is 1.25. The Labute approximate surface area is 127 Å². The normalized spacial score (nSPS) is 19.6. The highest BCUT2D eigenvalue weighted by atomic mass is 19.1. The molecule has 118 valence electrons. The van der Waals surface area contributed by atoms with Crippen LogP contribution < -0.4 is 0 Å². The molecule has 0 N–H and O–H groups in total. The van der Waals surface area contributed by atoms with Crippen LogP contribution in [0.5, 0.6) is 0 Å². The van der Waals surface area contributed by atoms with Gasteiger partial charge in [-0.1, -0.05) is 12.1 Å². The second kappa shape index (κ2) is 7.87. The Kier molecular flexibility index (Phi) is 6.15. The van der Waals surface area contributed by atoms with Crippen LogP contribution in [0.25, 0.3) is 0 Å². The van der Waals surface area contributed by atoms with Gasteiger partial charge in [-0.3, -0.25) is 0 Å². The maximum Gasteiger partial charge on any atom is 0.126 e. The smallest absolute Gasteiger partial charge is 0.126 e. The van der Waals surface area contributed by atoms with Crippen molar-refractivity contribution in [2.45, 2.75) is 19.9 Å². The van der Waals surface area contributed by atoms with Crippen LogP contribution in [0.3, 0.4) is 0 Å². The van der Waals surface area contributed by atoms with Crippen LogP contribution in [-0.2, 0) is 11.3 Å². The molecule has 0 bridgehead atoms. The maximum absolute atomic E-state index is 13.6. The molecular formula is C17H27FN2O. The first-order valence-corrected chi connectivity index (χ1v) is 7.74. The summed E-state index contributed by atoms with van der Waals surface area (Å²) in [4.78, 5) is 4.78. The molecule has 3 nitrogen and oxygen atoms in total. The van der Waals surface area contributed by atoms with Crippen molar-refractivity contribution in [2.75, 3.05) is 46.9 Å². The van der Waals surface area contributed by atoms with Gasteiger partial charge in [-0.25, -0.2) is 4.39 Å². The van der Waals surface area contributed by atoms with Crippen molar-refractivity contribution >= 4 is 0 Å². The minimum Gasteiger partial charge on any atom is -0.383 e. The number of nitrogens with zero attached hydrogens (tertiary/aromatic N) is 2. The van der Waals surface area contributed by atoms with Crippen LogP contribution >= 0.6 is 0 Å². The highest BCUT2D eigenvalue weighted by Crippen LogP contribution is 2.19. The van der Waals surface area contributed by atoms with E-state index in [1.54, 1.807) is 13.2 Å². The number of hydrogen-bond donors (Lipinski definition) is 0. The number of hydrogen-bond acceptors (Lipinski definition) is 3. The van der Waals surface area contributed by atoms with Crippen molar-refractivity contribution in [1.29, 1.82) is 0 Å². The Morgan fingerprint density at radius 2 is 2.24 bits per heavy atom. The summed E-state index contributed by atoms with van der Waals surface area (Å²) in [5.41, 5.74) is 1.87. The van der Waals surface area contributed by atoms with Gasteiger partial charge in [-0.05, 0) is 50.0 Å². The first-order valence-electron chi connectivity index (χ1n) is 7.74. The van der Waals surface area contributed by atoms with Crippen LogP contribution in [0.15, 0.2) is 18.2 Å². The van der Waals surface area contributed by atoms with Gasteiger partial charge in [-0.15, -0.1) is 0 Å². The highest BCUT2D eigenvalue weighted by molar-refractivity contribution is 5.27. The van der Waals surface area contributed by atoms with Crippen molar-refractivity contribution < 1.29 is 9.13 Å². The van der Waals surface area contributed by atoms with E-state index in [9.17, 15) is 4.39 Å². The Balaban J connectivity index is 1.80. The SMILES string of the molecule is COCCN1CCC(CN(C)Cc2cccc(F)c2C)C1. The van der Waals surface area contributed by atoms with E-state index in [0.29, 0.717) is 5.92 Å². The molecule has 1 aliphatic heterocycles. The standard InChI is InChI=1S/C17H27FN2O/c1-14-16(5-4-6-17(14)18)13-19(2)11-15-7-8-20(12-15)9-10-21-3/h4-6,15H,7-13H2,1-3H3. The molecule has 1 aromatic carbocycles. The molecule has 0 aliphatic carbocycles. The Hall–Kier alpha value is -0.970. The zero-order valence-corrected chi connectivity index (χ0v) is 13.4. The van der Waals surface area contributed by atoms with Gasteiger partial charge >= 0.3 is 0 Å². The summed E-state index contributed by atoms with van der Waals surface area (Å²) in [5.74, 6) is 0.605. The van der Waals surface area contributed by atoms with Crippen molar-refractivity contribution in [3.8, 4) is 0 Å². The van der Waals surface area contributed by atoms with Gasteiger partial charge in [0.25, 0.3) is 0 Å². The summed E-state index contributed by atoms with van der Waals surface area (Å²) in [6.45, 7) is 7.90. The Morgan fingerprint density at radius 1 is 1.43 bits per heavy atom. The van der Waals surface area contributed by atoms with E-state index in [1.807, 2.05) is 13.0 Å². The lowest BCUT2D eigenvalue weighted by Gasteiger charge is -2.22.